The first-order valence-corrected chi connectivity index (χ1v) is 10.4. The number of carbonyl (C=O) groups excluding carboxylic acids is 3. The van der Waals surface area contributed by atoms with E-state index in [4.69, 9.17) is 0 Å². The maximum absolute atomic E-state index is 12.5. The summed E-state index contributed by atoms with van der Waals surface area (Å²) in [5.41, 5.74) is 1.35. The molecular formula is C22H34N4O3. The first-order chi connectivity index (χ1) is 13.7. The molecule has 160 valence electrons. The summed E-state index contributed by atoms with van der Waals surface area (Å²) in [5, 5.41) is 8.25. The number of rotatable bonds is 8. The molecule has 1 heterocycles. The zero-order valence-electron chi connectivity index (χ0n) is 18.0. The molecule has 1 aliphatic rings. The Labute approximate surface area is 173 Å². The van der Waals surface area contributed by atoms with Gasteiger partial charge in [0.15, 0.2) is 0 Å². The maximum Gasteiger partial charge on any atom is 0.251 e. The van der Waals surface area contributed by atoms with Crippen LogP contribution in [0.3, 0.4) is 0 Å². The molecule has 1 saturated heterocycles. The Morgan fingerprint density at radius 3 is 2.00 bits per heavy atom. The Bertz CT molecular complexity index is 691. The molecule has 0 saturated carbocycles. The predicted molar refractivity (Wildman–Crippen MR) is 116 cm³/mol. The maximum atomic E-state index is 12.5. The molecule has 3 amide bonds. The molecule has 1 aromatic rings. The highest BCUT2D eigenvalue weighted by Crippen LogP contribution is 2.21. The van der Waals surface area contributed by atoms with Gasteiger partial charge in [-0.15, -0.1) is 0 Å². The van der Waals surface area contributed by atoms with E-state index in [2.05, 4.69) is 34.7 Å². The average molecular weight is 403 g/mol. The topological polar surface area (TPSA) is 90.5 Å². The molecule has 2 rings (SSSR count). The minimum Gasteiger partial charge on any atom is -0.352 e. The van der Waals surface area contributed by atoms with Gasteiger partial charge in [0.2, 0.25) is 11.8 Å². The van der Waals surface area contributed by atoms with Crippen LogP contribution in [0.15, 0.2) is 18.2 Å². The van der Waals surface area contributed by atoms with Crippen LogP contribution in [0.5, 0.6) is 0 Å². The molecule has 0 radical (unpaired) electrons. The van der Waals surface area contributed by atoms with Crippen molar-refractivity contribution in [2.45, 2.75) is 47.0 Å². The van der Waals surface area contributed by atoms with Crippen molar-refractivity contribution >= 4 is 29.1 Å². The lowest BCUT2D eigenvalue weighted by atomic mass is 9.92. The van der Waals surface area contributed by atoms with Crippen LogP contribution in [0.25, 0.3) is 0 Å². The monoisotopic (exact) mass is 402 g/mol. The van der Waals surface area contributed by atoms with Crippen LogP contribution in [0.4, 0.5) is 11.4 Å². The van der Waals surface area contributed by atoms with Crippen molar-refractivity contribution in [2.75, 3.05) is 36.8 Å². The minimum absolute atomic E-state index is 0.218. The number of likely N-dealkylation sites (tertiary alicyclic amines) is 1. The van der Waals surface area contributed by atoms with Crippen LogP contribution >= 0.6 is 0 Å². The highest BCUT2D eigenvalue weighted by atomic mass is 16.2. The summed E-state index contributed by atoms with van der Waals surface area (Å²) in [4.78, 5) is 37.7. The van der Waals surface area contributed by atoms with Gasteiger partial charge >= 0.3 is 0 Å². The molecule has 1 fully saturated rings. The average Bonchev–Trinajstić information content (AvgIpc) is 2.59. The fourth-order valence-corrected chi connectivity index (χ4v) is 4.05. The predicted octanol–water partition coefficient (Wildman–Crippen LogP) is 3.09. The molecule has 0 aliphatic carbocycles. The Kier molecular flexibility index (Phi) is 8.64. The molecule has 3 N–H and O–H groups in total. The zero-order valence-corrected chi connectivity index (χ0v) is 18.0. The molecule has 0 spiro atoms. The largest absolute Gasteiger partial charge is 0.352 e. The normalized spacial score (nSPS) is 19.4. The number of nitrogens with zero attached hydrogens (tertiary/aromatic N) is 1. The van der Waals surface area contributed by atoms with Gasteiger partial charge in [-0.1, -0.05) is 13.8 Å². The lowest BCUT2D eigenvalue weighted by Crippen LogP contribution is -2.39. The van der Waals surface area contributed by atoms with Gasteiger partial charge in [-0.3, -0.25) is 14.4 Å². The molecule has 29 heavy (non-hydrogen) atoms. The molecule has 0 unspecified atom stereocenters. The van der Waals surface area contributed by atoms with E-state index in [0.29, 0.717) is 23.5 Å². The second-order valence-corrected chi connectivity index (χ2v) is 8.33. The van der Waals surface area contributed by atoms with E-state index in [1.54, 1.807) is 18.2 Å². The molecule has 0 bridgehead atoms. The lowest BCUT2D eigenvalue weighted by molar-refractivity contribution is -0.115. The third-order valence-corrected chi connectivity index (χ3v) is 4.97. The van der Waals surface area contributed by atoms with E-state index < -0.39 is 0 Å². The minimum atomic E-state index is -0.238. The Morgan fingerprint density at radius 2 is 1.48 bits per heavy atom. The van der Waals surface area contributed by atoms with Crippen molar-refractivity contribution in [1.29, 1.82) is 0 Å². The SMILES string of the molecule is CC(=O)Nc1cc(NC(C)=O)cc(C(=O)NCCCCN2C[C@H](C)C[C@@H](C)C2)c1. The zero-order chi connectivity index (χ0) is 21.4. The summed E-state index contributed by atoms with van der Waals surface area (Å²) in [6.45, 7) is 11.4. The fraction of sp³-hybridized carbons (Fsp3) is 0.591. The van der Waals surface area contributed by atoms with Crippen LogP contribution in [0.1, 0.15) is 57.3 Å². The number of nitrogens with one attached hydrogen (secondary N) is 3. The number of carbonyl (C=O) groups is 3. The molecule has 2 atom stereocenters. The van der Waals surface area contributed by atoms with Gasteiger partial charge in [-0.05, 0) is 55.8 Å². The first-order valence-electron chi connectivity index (χ1n) is 10.4. The Balaban J connectivity index is 1.84. The highest BCUT2D eigenvalue weighted by Gasteiger charge is 2.21. The molecule has 0 aromatic heterocycles. The van der Waals surface area contributed by atoms with E-state index >= 15 is 0 Å². The quantitative estimate of drug-likeness (QED) is 0.583. The van der Waals surface area contributed by atoms with E-state index in [1.165, 1.54) is 33.4 Å². The van der Waals surface area contributed by atoms with Crippen LogP contribution in [0.2, 0.25) is 0 Å². The third-order valence-electron chi connectivity index (χ3n) is 4.97. The van der Waals surface area contributed by atoms with Crippen LogP contribution in [-0.2, 0) is 9.59 Å². The van der Waals surface area contributed by atoms with E-state index in [9.17, 15) is 14.4 Å². The highest BCUT2D eigenvalue weighted by molar-refractivity contribution is 5.99. The number of anilines is 2. The number of unbranched alkanes of at least 4 members (excludes halogenated alkanes) is 1. The number of benzene rings is 1. The summed E-state index contributed by atoms with van der Waals surface area (Å²) in [6.07, 6.45) is 3.27. The number of hydrogen-bond acceptors (Lipinski definition) is 4. The third kappa shape index (κ3) is 8.23. The molecule has 7 heteroatoms. The van der Waals surface area contributed by atoms with E-state index in [-0.39, 0.29) is 17.7 Å². The summed E-state index contributed by atoms with van der Waals surface area (Å²) in [5.74, 6) is 0.818. The Hall–Kier alpha value is -2.41. The van der Waals surface area contributed by atoms with Crippen LogP contribution in [0, 0.1) is 11.8 Å². The summed E-state index contributed by atoms with van der Waals surface area (Å²) < 4.78 is 0. The number of piperidine rings is 1. The van der Waals surface area contributed by atoms with Crippen molar-refractivity contribution in [2.24, 2.45) is 11.8 Å². The van der Waals surface area contributed by atoms with Crippen LogP contribution in [-0.4, -0.2) is 48.8 Å². The summed E-state index contributed by atoms with van der Waals surface area (Å²) in [7, 11) is 0. The summed E-state index contributed by atoms with van der Waals surface area (Å²) in [6, 6.07) is 4.84. The van der Waals surface area contributed by atoms with Gasteiger partial charge in [-0.25, -0.2) is 0 Å². The summed E-state index contributed by atoms with van der Waals surface area (Å²) >= 11 is 0. The molecule has 1 aliphatic heterocycles. The van der Waals surface area contributed by atoms with Gasteiger partial charge in [0, 0.05) is 50.4 Å². The Morgan fingerprint density at radius 1 is 0.931 bits per heavy atom. The smallest absolute Gasteiger partial charge is 0.251 e. The molecule has 1 aromatic carbocycles. The van der Waals surface area contributed by atoms with Gasteiger partial charge in [0.05, 0.1) is 0 Å². The van der Waals surface area contributed by atoms with Gasteiger partial charge in [0.1, 0.15) is 0 Å². The molecule has 7 nitrogen and oxygen atoms in total. The van der Waals surface area contributed by atoms with Gasteiger partial charge < -0.3 is 20.9 Å². The fourth-order valence-electron chi connectivity index (χ4n) is 4.05. The van der Waals surface area contributed by atoms with Crippen molar-refractivity contribution in [3.8, 4) is 0 Å². The van der Waals surface area contributed by atoms with Gasteiger partial charge in [-0.2, -0.15) is 0 Å². The standard InChI is InChI=1S/C22H34N4O3/c1-15-9-16(2)14-26(13-15)8-6-5-7-23-22(29)19-10-20(24-17(3)27)12-21(11-19)25-18(4)28/h10-12,15-16H,5-9,13-14H2,1-4H3,(H,23,29)(H,24,27)(H,25,28)/t15-,16-/m1/s1. The van der Waals surface area contributed by atoms with E-state index in [0.717, 1.165) is 31.2 Å². The van der Waals surface area contributed by atoms with Crippen LogP contribution < -0.4 is 16.0 Å². The van der Waals surface area contributed by atoms with Crippen molar-refractivity contribution in [3.63, 3.8) is 0 Å². The van der Waals surface area contributed by atoms with Crippen molar-refractivity contribution in [3.05, 3.63) is 23.8 Å². The van der Waals surface area contributed by atoms with Crippen molar-refractivity contribution in [1.82, 2.24) is 10.2 Å². The van der Waals surface area contributed by atoms with E-state index in [1.807, 2.05) is 0 Å². The number of amides is 3. The second-order valence-electron chi connectivity index (χ2n) is 8.33. The molecular weight excluding hydrogens is 368 g/mol. The van der Waals surface area contributed by atoms with Gasteiger partial charge in [0.25, 0.3) is 5.91 Å². The second kappa shape index (κ2) is 11.0. The number of hydrogen-bond donors (Lipinski definition) is 3. The van der Waals surface area contributed by atoms with Crippen molar-refractivity contribution < 1.29 is 14.4 Å². The lowest BCUT2D eigenvalue weighted by Gasteiger charge is -2.34. The first kappa shape index (κ1) is 22.9.